The van der Waals surface area contributed by atoms with Gasteiger partial charge >= 0.3 is 5.97 Å². The molecule has 3 rings (SSSR count). The highest BCUT2D eigenvalue weighted by molar-refractivity contribution is 5.94. The van der Waals surface area contributed by atoms with Gasteiger partial charge in [0, 0.05) is 44.8 Å². The van der Waals surface area contributed by atoms with Crippen molar-refractivity contribution in [3.8, 4) is 0 Å². The molecule has 0 saturated carbocycles. The molecular formula is C21H24FN3O3. The van der Waals surface area contributed by atoms with E-state index in [0.717, 1.165) is 26.2 Å². The minimum absolute atomic E-state index is 0.112. The third kappa shape index (κ3) is 5.07. The molecule has 1 aliphatic heterocycles. The summed E-state index contributed by atoms with van der Waals surface area (Å²) < 4.78 is 18.6. The van der Waals surface area contributed by atoms with E-state index in [-0.39, 0.29) is 11.7 Å². The summed E-state index contributed by atoms with van der Waals surface area (Å²) in [6, 6.07) is 13.5. The monoisotopic (exact) mass is 385 g/mol. The van der Waals surface area contributed by atoms with Crippen LogP contribution in [0.25, 0.3) is 0 Å². The zero-order valence-corrected chi connectivity index (χ0v) is 15.9. The summed E-state index contributed by atoms with van der Waals surface area (Å²) in [5, 5.41) is 2.81. The number of methoxy groups -OCH3 is 1. The largest absolute Gasteiger partial charge is 0.465 e. The van der Waals surface area contributed by atoms with Crippen LogP contribution in [0.2, 0.25) is 0 Å². The lowest BCUT2D eigenvalue weighted by Gasteiger charge is -2.36. The minimum atomic E-state index is -0.441. The molecule has 1 saturated heterocycles. The van der Waals surface area contributed by atoms with Crippen molar-refractivity contribution in [1.82, 2.24) is 4.90 Å². The molecule has 0 bridgehead atoms. The number of nitrogens with zero attached hydrogens (tertiary/aromatic N) is 2. The van der Waals surface area contributed by atoms with Gasteiger partial charge in [0.1, 0.15) is 5.82 Å². The van der Waals surface area contributed by atoms with Crippen LogP contribution >= 0.6 is 0 Å². The van der Waals surface area contributed by atoms with Crippen LogP contribution in [-0.2, 0) is 9.53 Å². The molecule has 0 atom stereocenters. The van der Waals surface area contributed by atoms with Gasteiger partial charge in [0.15, 0.2) is 0 Å². The third-order valence-electron chi connectivity index (χ3n) is 4.79. The first kappa shape index (κ1) is 19.8. The van der Waals surface area contributed by atoms with Crippen LogP contribution < -0.4 is 10.2 Å². The van der Waals surface area contributed by atoms with Gasteiger partial charge in [-0.1, -0.05) is 18.2 Å². The van der Waals surface area contributed by atoms with Gasteiger partial charge in [0.05, 0.1) is 18.4 Å². The molecule has 0 aromatic heterocycles. The van der Waals surface area contributed by atoms with Crippen molar-refractivity contribution in [1.29, 1.82) is 0 Å². The highest BCUT2D eigenvalue weighted by atomic mass is 19.1. The molecule has 6 nitrogen and oxygen atoms in total. The smallest absolute Gasteiger partial charge is 0.337 e. The van der Waals surface area contributed by atoms with Crippen molar-refractivity contribution in [3.63, 3.8) is 0 Å². The normalized spacial score (nSPS) is 14.6. The van der Waals surface area contributed by atoms with E-state index in [9.17, 15) is 14.0 Å². The predicted molar refractivity (Wildman–Crippen MR) is 106 cm³/mol. The fourth-order valence-electron chi connectivity index (χ4n) is 3.25. The molecule has 1 amide bonds. The Balaban J connectivity index is 1.45. The van der Waals surface area contributed by atoms with E-state index >= 15 is 0 Å². The third-order valence-corrected chi connectivity index (χ3v) is 4.79. The zero-order valence-electron chi connectivity index (χ0n) is 15.9. The van der Waals surface area contributed by atoms with Crippen molar-refractivity contribution >= 4 is 23.3 Å². The van der Waals surface area contributed by atoms with E-state index in [1.165, 1.54) is 13.2 Å². The first-order valence-corrected chi connectivity index (χ1v) is 9.27. The van der Waals surface area contributed by atoms with Gasteiger partial charge < -0.3 is 15.0 Å². The number of hydrogen-bond acceptors (Lipinski definition) is 5. The Kier molecular flexibility index (Phi) is 6.60. The number of nitrogens with one attached hydrogen (secondary N) is 1. The summed E-state index contributed by atoms with van der Waals surface area (Å²) in [6.45, 7) is 3.64. The van der Waals surface area contributed by atoms with E-state index in [1.54, 1.807) is 36.4 Å². The van der Waals surface area contributed by atoms with Crippen molar-refractivity contribution in [2.45, 2.75) is 6.42 Å². The topological polar surface area (TPSA) is 61.9 Å². The van der Waals surface area contributed by atoms with Gasteiger partial charge in [0.25, 0.3) is 0 Å². The maximum absolute atomic E-state index is 13.9. The molecule has 7 heteroatoms. The number of carbonyl (C=O) groups excluding carboxylic acids is 2. The Morgan fingerprint density at radius 1 is 1.07 bits per heavy atom. The second kappa shape index (κ2) is 9.32. The second-order valence-electron chi connectivity index (χ2n) is 6.65. The number of rotatable bonds is 6. The molecule has 148 valence electrons. The Morgan fingerprint density at radius 3 is 2.54 bits per heavy atom. The Hall–Kier alpha value is -2.93. The van der Waals surface area contributed by atoms with Crippen molar-refractivity contribution in [2.75, 3.05) is 50.1 Å². The molecule has 1 N–H and O–H groups in total. The summed E-state index contributed by atoms with van der Waals surface area (Å²) in [7, 11) is 1.32. The van der Waals surface area contributed by atoms with E-state index in [4.69, 9.17) is 0 Å². The molecular weight excluding hydrogens is 361 g/mol. The SMILES string of the molecule is COC(=O)c1cccc(NC(=O)CCN2CCN(c3ccccc3F)CC2)c1. The van der Waals surface area contributed by atoms with E-state index in [0.29, 0.717) is 29.9 Å². The second-order valence-corrected chi connectivity index (χ2v) is 6.65. The van der Waals surface area contributed by atoms with Gasteiger partial charge in [0.2, 0.25) is 5.91 Å². The standard InChI is InChI=1S/C21H24FN3O3/c1-28-21(27)16-5-4-6-17(15-16)23-20(26)9-10-24-11-13-25(14-12-24)19-8-3-2-7-18(19)22/h2-8,15H,9-14H2,1H3,(H,23,26). The number of benzene rings is 2. The van der Waals surface area contributed by atoms with Crippen molar-refractivity contribution < 1.29 is 18.7 Å². The van der Waals surface area contributed by atoms with Crippen LogP contribution in [0.3, 0.4) is 0 Å². The van der Waals surface area contributed by atoms with Crippen molar-refractivity contribution in [2.24, 2.45) is 0 Å². The molecule has 1 heterocycles. The number of amides is 1. The highest BCUT2D eigenvalue weighted by Crippen LogP contribution is 2.20. The molecule has 0 radical (unpaired) electrons. The number of esters is 1. The highest BCUT2D eigenvalue weighted by Gasteiger charge is 2.19. The Labute approximate surface area is 163 Å². The molecule has 1 fully saturated rings. The van der Waals surface area contributed by atoms with Crippen LogP contribution in [0.1, 0.15) is 16.8 Å². The summed E-state index contributed by atoms with van der Waals surface area (Å²) in [5.74, 6) is -0.758. The van der Waals surface area contributed by atoms with Gasteiger partial charge in [-0.2, -0.15) is 0 Å². The Bertz CT molecular complexity index is 835. The number of para-hydroxylation sites is 1. The minimum Gasteiger partial charge on any atom is -0.465 e. The molecule has 1 aliphatic rings. The zero-order chi connectivity index (χ0) is 19.9. The van der Waals surface area contributed by atoms with E-state index in [2.05, 4.69) is 15.0 Å². The van der Waals surface area contributed by atoms with Crippen LogP contribution in [0.4, 0.5) is 15.8 Å². The average Bonchev–Trinajstić information content (AvgIpc) is 2.72. The van der Waals surface area contributed by atoms with Crippen molar-refractivity contribution in [3.05, 3.63) is 59.9 Å². The number of hydrogen-bond donors (Lipinski definition) is 1. The fourth-order valence-corrected chi connectivity index (χ4v) is 3.25. The fraction of sp³-hybridized carbons (Fsp3) is 0.333. The summed E-state index contributed by atoms with van der Waals surface area (Å²) in [5.41, 5.74) is 1.59. The summed E-state index contributed by atoms with van der Waals surface area (Å²) >= 11 is 0. The number of piperazine rings is 1. The van der Waals surface area contributed by atoms with Gasteiger partial charge in [-0.3, -0.25) is 9.69 Å². The summed E-state index contributed by atoms with van der Waals surface area (Å²) in [4.78, 5) is 28.0. The molecule has 0 spiro atoms. The quantitative estimate of drug-likeness (QED) is 0.775. The van der Waals surface area contributed by atoms with Crippen LogP contribution in [0.5, 0.6) is 0 Å². The lowest BCUT2D eigenvalue weighted by molar-refractivity contribution is -0.116. The number of ether oxygens (including phenoxy) is 1. The molecule has 2 aromatic rings. The van der Waals surface area contributed by atoms with Crippen LogP contribution in [-0.4, -0.2) is 56.6 Å². The molecule has 0 aliphatic carbocycles. The van der Waals surface area contributed by atoms with Crippen LogP contribution in [0.15, 0.2) is 48.5 Å². The van der Waals surface area contributed by atoms with Gasteiger partial charge in [-0.25, -0.2) is 9.18 Å². The molecule has 0 unspecified atom stereocenters. The first-order valence-electron chi connectivity index (χ1n) is 9.27. The maximum Gasteiger partial charge on any atom is 0.337 e. The Morgan fingerprint density at radius 2 is 1.82 bits per heavy atom. The number of anilines is 2. The average molecular weight is 385 g/mol. The van der Waals surface area contributed by atoms with Crippen LogP contribution in [0, 0.1) is 5.82 Å². The predicted octanol–water partition coefficient (Wildman–Crippen LogP) is 2.76. The van der Waals surface area contributed by atoms with Gasteiger partial charge in [-0.05, 0) is 30.3 Å². The first-order chi connectivity index (χ1) is 13.6. The summed E-state index contributed by atoms with van der Waals surface area (Å²) in [6.07, 6.45) is 0.349. The molecule has 2 aromatic carbocycles. The van der Waals surface area contributed by atoms with E-state index in [1.807, 2.05) is 11.0 Å². The lowest BCUT2D eigenvalue weighted by Crippen LogP contribution is -2.47. The maximum atomic E-state index is 13.9. The molecule has 28 heavy (non-hydrogen) atoms. The number of carbonyl (C=O) groups is 2. The van der Waals surface area contributed by atoms with Gasteiger partial charge in [-0.15, -0.1) is 0 Å². The number of halogens is 1. The van der Waals surface area contributed by atoms with E-state index < -0.39 is 5.97 Å². The lowest BCUT2D eigenvalue weighted by atomic mass is 10.2.